The molecule has 6 nitrogen and oxygen atoms in total. The fraction of sp³-hybridized carbons (Fsp3) is 0.429. The predicted octanol–water partition coefficient (Wildman–Crippen LogP) is 1.49. The second-order valence-corrected chi connectivity index (χ2v) is 5.30. The third kappa shape index (κ3) is 4.24. The minimum Gasteiger partial charge on any atom is -0.443 e. The minimum atomic E-state index is -0.633. The average molecular weight is 279 g/mol. The van der Waals surface area contributed by atoms with Crippen LogP contribution >= 0.6 is 0 Å². The molecule has 0 atom stereocenters. The molecule has 6 heteroatoms. The standard InChI is InChI=1S/C14H21N3O3/c1-14(2,3)20-13(19)17(9-8-15)11-7-5-4-6-10(11)12(16)18/h4-7H,8-9,15H2,1-3H3,(H2,16,18). The van der Waals surface area contributed by atoms with Gasteiger partial charge in [0.05, 0.1) is 11.3 Å². The van der Waals surface area contributed by atoms with Crippen LogP contribution in [0.1, 0.15) is 31.1 Å². The van der Waals surface area contributed by atoms with Crippen LogP contribution in [0.15, 0.2) is 24.3 Å². The smallest absolute Gasteiger partial charge is 0.414 e. The van der Waals surface area contributed by atoms with Gasteiger partial charge in [-0.25, -0.2) is 4.79 Å². The van der Waals surface area contributed by atoms with Gasteiger partial charge in [-0.2, -0.15) is 0 Å². The third-order valence-electron chi connectivity index (χ3n) is 2.43. The molecule has 0 fully saturated rings. The number of amides is 2. The van der Waals surface area contributed by atoms with Crippen LogP contribution in [0.25, 0.3) is 0 Å². The second-order valence-electron chi connectivity index (χ2n) is 5.30. The van der Waals surface area contributed by atoms with Crippen LogP contribution < -0.4 is 16.4 Å². The van der Waals surface area contributed by atoms with Crippen molar-refractivity contribution in [1.29, 1.82) is 0 Å². The molecule has 0 unspecified atom stereocenters. The van der Waals surface area contributed by atoms with Gasteiger partial charge in [-0.05, 0) is 32.9 Å². The molecule has 0 aromatic heterocycles. The molecule has 2 amide bonds. The van der Waals surface area contributed by atoms with Gasteiger partial charge in [0.1, 0.15) is 5.60 Å². The number of ether oxygens (including phenoxy) is 1. The molecule has 0 bridgehead atoms. The summed E-state index contributed by atoms with van der Waals surface area (Å²) in [6.45, 7) is 5.79. The first-order chi connectivity index (χ1) is 9.26. The molecular formula is C14H21N3O3. The van der Waals surface area contributed by atoms with Gasteiger partial charge >= 0.3 is 6.09 Å². The van der Waals surface area contributed by atoms with Crippen molar-refractivity contribution in [3.05, 3.63) is 29.8 Å². The third-order valence-corrected chi connectivity index (χ3v) is 2.43. The molecule has 0 aliphatic heterocycles. The van der Waals surface area contributed by atoms with Crippen molar-refractivity contribution in [2.45, 2.75) is 26.4 Å². The summed E-state index contributed by atoms with van der Waals surface area (Å²) in [5.74, 6) is -0.605. The number of primary amides is 1. The van der Waals surface area contributed by atoms with Crippen LogP contribution in [0.3, 0.4) is 0 Å². The molecule has 0 heterocycles. The lowest BCUT2D eigenvalue weighted by atomic mass is 10.1. The Bertz CT molecular complexity index is 495. The van der Waals surface area contributed by atoms with Crippen LogP contribution in [-0.4, -0.2) is 30.7 Å². The highest BCUT2D eigenvalue weighted by Gasteiger charge is 2.25. The zero-order valence-corrected chi connectivity index (χ0v) is 12.1. The van der Waals surface area contributed by atoms with E-state index in [0.29, 0.717) is 5.69 Å². The Balaban J connectivity index is 3.14. The first kappa shape index (κ1) is 16.0. The summed E-state index contributed by atoms with van der Waals surface area (Å²) in [6.07, 6.45) is -0.559. The number of hydrogen-bond acceptors (Lipinski definition) is 4. The number of hydrogen-bond donors (Lipinski definition) is 2. The zero-order chi connectivity index (χ0) is 15.3. The largest absolute Gasteiger partial charge is 0.443 e. The van der Waals surface area contributed by atoms with Crippen molar-refractivity contribution in [2.24, 2.45) is 11.5 Å². The summed E-state index contributed by atoms with van der Waals surface area (Å²) >= 11 is 0. The van der Waals surface area contributed by atoms with E-state index in [9.17, 15) is 9.59 Å². The number of benzene rings is 1. The van der Waals surface area contributed by atoms with Gasteiger partial charge in [-0.3, -0.25) is 9.69 Å². The summed E-state index contributed by atoms with van der Waals surface area (Å²) in [4.78, 5) is 25.0. The van der Waals surface area contributed by atoms with Crippen molar-refractivity contribution in [1.82, 2.24) is 0 Å². The van der Waals surface area contributed by atoms with E-state index < -0.39 is 17.6 Å². The van der Waals surface area contributed by atoms with Crippen LogP contribution in [0, 0.1) is 0 Å². The van der Waals surface area contributed by atoms with Crippen molar-refractivity contribution in [3.63, 3.8) is 0 Å². The molecule has 0 aliphatic carbocycles. The molecule has 1 rings (SSSR count). The highest BCUT2D eigenvalue weighted by atomic mass is 16.6. The van der Waals surface area contributed by atoms with Gasteiger partial charge in [0, 0.05) is 13.1 Å². The van der Waals surface area contributed by atoms with E-state index >= 15 is 0 Å². The summed E-state index contributed by atoms with van der Waals surface area (Å²) in [6, 6.07) is 6.60. The topological polar surface area (TPSA) is 98.7 Å². The maximum absolute atomic E-state index is 12.2. The van der Waals surface area contributed by atoms with Gasteiger partial charge in [0.2, 0.25) is 0 Å². The number of nitrogens with two attached hydrogens (primary N) is 2. The van der Waals surface area contributed by atoms with Crippen molar-refractivity contribution < 1.29 is 14.3 Å². The van der Waals surface area contributed by atoms with Crippen LogP contribution in [0.2, 0.25) is 0 Å². The molecule has 0 saturated carbocycles. The fourth-order valence-corrected chi connectivity index (χ4v) is 1.67. The summed E-state index contributed by atoms with van der Waals surface area (Å²) in [7, 11) is 0. The van der Waals surface area contributed by atoms with Crippen LogP contribution in [0.5, 0.6) is 0 Å². The average Bonchev–Trinajstić information content (AvgIpc) is 2.33. The number of anilines is 1. The van der Waals surface area contributed by atoms with E-state index in [1.807, 2.05) is 0 Å². The van der Waals surface area contributed by atoms with Crippen LogP contribution in [-0.2, 0) is 4.74 Å². The minimum absolute atomic E-state index is 0.235. The lowest BCUT2D eigenvalue weighted by Gasteiger charge is -2.28. The molecule has 0 radical (unpaired) electrons. The normalized spacial score (nSPS) is 11.0. The Morgan fingerprint density at radius 2 is 1.85 bits per heavy atom. The van der Waals surface area contributed by atoms with E-state index in [-0.39, 0.29) is 18.7 Å². The second kappa shape index (κ2) is 6.38. The fourth-order valence-electron chi connectivity index (χ4n) is 1.67. The van der Waals surface area contributed by atoms with E-state index in [4.69, 9.17) is 16.2 Å². The Kier molecular flexibility index (Phi) is 5.10. The van der Waals surface area contributed by atoms with E-state index in [0.717, 1.165) is 0 Å². The van der Waals surface area contributed by atoms with Gasteiger partial charge in [-0.15, -0.1) is 0 Å². The molecule has 110 valence electrons. The van der Waals surface area contributed by atoms with Gasteiger partial charge in [0.25, 0.3) is 5.91 Å². The maximum atomic E-state index is 12.2. The first-order valence-corrected chi connectivity index (χ1v) is 6.35. The predicted molar refractivity (Wildman–Crippen MR) is 77.6 cm³/mol. The molecule has 0 saturated heterocycles. The Morgan fingerprint density at radius 3 is 2.35 bits per heavy atom. The molecule has 1 aromatic rings. The monoisotopic (exact) mass is 279 g/mol. The maximum Gasteiger partial charge on any atom is 0.414 e. The summed E-state index contributed by atoms with van der Waals surface area (Å²) in [5, 5.41) is 0. The summed E-state index contributed by atoms with van der Waals surface area (Å²) < 4.78 is 5.32. The first-order valence-electron chi connectivity index (χ1n) is 6.35. The lowest BCUT2D eigenvalue weighted by Crippen LogP contribution is -2.40. The highest BCUT2D eigenvalue weighted by molar-refractivity contribution is 6.02. The van der Waals surface area contributed by atoms with E-state index in [1.165, 1.54) is 4.90 Å². The van der Waals surface area contributed by atoms with Crippen molar-refractivity contribution in [3.8, 4) is 0 Å². The number of carbonyl (C=O) groups is 2. The quantitative estimate of drug-likeness (QED) is 0.872. The molecule has 0 spiro atoms. The molecule has 0 aliphatic rings. The lowest BCUT2D eigenvalue weighted by molar-refractivity contribution is 0.0581. The van der Waals surface area contributed by atoms with Crippen molar-refractivity contribution in [2.75, 3.05) is 18.0 Å². The highest BCUT2D eigenvalue weighted by Crippen LogP contribution is 2.22. The number of nitrogens with zero attached hydrogens (tertiary/aromatic N) is 1. The Labute approximate surface area is 118 Å². The van der Waals surface area contributed by atoms with Crippen molar-refractivity contribution >= 4 is 17.7 Å². The van der Waals surface area contributed by atoms with Gasteiger partial charge < -0.3 is 16.2 Å². The summed E-state index contributed by atoms with van der Waals surface area (Å²) in [5.41, 5.74) is 10.9. The number of carbonyl (C=O) groups excluding carboxylic acids is 2. The van der Waals surface area contributed by atoms with Gasteiger partial charge in [0.15, 0.2) is 0 Å². The molecule has 1 aromatic carbocycles. The molecule has 4 N–H and O–H groups in total. The zero-order valence-electron chi connectivity index (χ0n) is 12.1. The van der Waals surface area contributed by atoms with E-state index in [2.05, 4.69) is 0 Å². The number of rotatable bonds is 4. The molecule has 20 heavy (non-hydrogen) atoms. The van der Waals surface area contributed by atoms with E-state index in [1.54, 1.807) is 45.0 Å². The molecular weight excluding hydrogens is 258 g/mol. The SMILES string of the molecule is CC(C)(C)OC(=O)N(CCN)c1ccccc1C(N)=O. The number of para-hydroxylation sites is 1. The van der Waals surface area contributed by atoms with Crippen LogP contribution in [0.4, 0.5) is 10.5 Å². The Hall–Kier alpha value is -2.08. The van der Waals surface area contributed by atoms with Gasteiger partial charge in [-0.1, -0.05) is 12.1 Å². The Morgan fingerprint density at radius 1 is 1.25 bits per heavy atom.